The highest BCUT2D eigenvalue weighted by atomic mass is 19.1. The molecule has 25 heavy (non-hydrogen) atoms. The second-order valence-corrected chi connectivity index (χ2v) is 6.08. The molecule has 1 aliphatic rings. The van der Waals surface area contributed by atoms with Gasteiger partial charge in [0.25, 0.3) is 11.8 Å². The summed E-state index contributed by atoms with van der Waals surface area (Å²) in [5.41, 5.74) is 6.58. The maximum atomic E-state index is 13.0. The third-order valence-corrected chi connectivity index (χ3v) is 4.30. The molecule has 1 fully saturated rings. The van der Waals surface area contributed by atoms with Gasteiger partial charge in [0, 0.05) is 37.1 Å². The minimum Gasteiger partial charge on any atom is -0.371 e. The molecule has 7 heteroatoms. The van der Waals surface area contributed by atoms with Gasteiger partial charge in [0.2, 0.25) is 0 Å². The number of primary amides is 1. The minimum absolute atomic E-state index is 0.0657. The first-order valence-electron chi connectivity index (χ1n) is 8.07. The number of amides is 2. The van der Waals surface area contributed by atoms with Gasteiger partial charge in [0.05, 0.1) is 0 Å². The standard InChI is InChI=1S/C18H19FN4O2/c19-14-1-3-15(4-2-14)23-8-6-12(11-23)10-22-18(25)13-5-7-21-16(9-13)17(20)24/h1-5,7,9,12H,6,8,10-11H2,(H2,20,24)(H,22,25). The van der Waals surface area contributed by atoms with E-state index in [0.29, 0.717) is 18.0 Å². The molecule has 2 aromatic rings. The SMILES string of the molecule is NC(=O)c1cc(C(=O)NCC2CCN(c3ccc(F)cc3)C2)ccn1. The van der Waals surface area contributed by atoms with Crippen LogP contribution in [0.15, 0.2) is 42.6 Å². The van der Waals surface area contributed by atoms with Gasteiger partial charge in [-0.3, -0.25) is 14.6 Å². The summed E-state index contributed by atoms with van der Waals surface area (Å²) in [5, 5.41) is 2.88. The molecule has 1 saturated heterocycles. The molecule has 0 aliphatic carbocycles. The molecule has 1 unspecified atom stereocenters. The number of nitrogens with one attached hydrogen (secondary N) is 1. The molecule has 1 aliphatic heterocycles. The number of nitrogens with two attached hydrogens (primary N) is 1. The van der Waals surface area contributed by atoms with Crippen LogP contribution < -0.4 is 16.0 Å². The van der Waals surface area contributed by atoms with Gasteiger partial charge >= 0.3 is 0 Å². The summed E-state index contributed by atoms with van der Waals surface area (Å²) in [4.78, 5) is 29.3. The Morgan fingerprint density at radius 2 is 2.04 bits per heavy atom. The van der Waals surface area contributed by atoms with Gasteiger partial charge in [-0.05, 0) is 48.7 Å². The van der Waals surface area contributed by atoms with Crippen LogP contribution in [0, 0.1) is 11.7 Å². The van der Waals surface area contributed by atoms with Crippen molar-refractivity contribution >= 4 is 17.5 Å². The van der Waals surface area contributed by atoms with Crippen LogP contribution in [-0.2, 0) is 0 Å². The Hall–Kier alpha value is -2.96. The molecule has 2 amide bonds. The fraction of sp³-hybridized carbons (Fsp3) is 0.278. The average molecular weight is 342 g/mol. The number of carbonyl (C=O) groups excluding carboxylic acids is 2. The van der Waals surface area contributed by atoms with Crippen molar-refractivity contribution in [3.05, 3.63) is 59.7 Å². The van der Waals surface area contributed by atoms with E-state index in [0.717, 1.165) is 25.2 Å². The van der Waals surface area contributed by atoms with Crippen molar-refractivity contribution in [1.82, 2.24) is 10.3 Å². The van der Waals surface area contributed by atoms with Crippen LogP contribution in [0.2, 0.25) is 0 Å². The Balaban J connectivity index is 1.54. The van der Waals surface area contributed by atoms with Crippen molar-refractivity contribution < 1.29 is 14.0 Å². The van der Waals surface area contributed by atoms with Crippen molar-refractivity contribution in [3.8, 4) is 0 Å². The Morgan fingerprint density at radius 1 is 1.28 bits per heavy atom. The molecule has 1 aromatic heterocycles. The highest BCUT2D eigenvalue weighted by molar-refractivity contribution is 5.97. The zero-order valence-corrected chi connectivity index (χ0v) is 13.6. The minimum atomic E-state index is -0.666. The maximum absolute atomic E-state index is 13.0. The lowest BCUT2D eigenvalue weighted by Crippen LogP contribution is -2.31. The van der Waals surface area contributed by atoms with E-state index < -0.39 is 5.91 Å². The topological polar surface area (TPSA) is 88.3 Å². The van der Waals surface area contributed by atoms with E-state index in [2.05, 4.69) is 15.2 Å². The first-order chi connectivity index (χ1) is 12.0. The van der Waals surface area contributed by atoms with Crippen LogP contribution in [0.4, 0.5) is 10.1 Å². The van der Waals surface area contributed by atoms with Crippen molar-refractivity contribution in [2.45, 2.75) is 6.42 Å². The van der Waals surface area contributed by atoms with Gasteiger partial charge in [-0.1, -0.05) is 0 Å². The molecular weight excluding hydrogens is 323 g/mol. The van der Waals surface area contributed by atoms with Crippen molar-refractivity contribution in [2.75, 3.05) is 24.5 Å². The number of hydrogen-bond acceptors (Lipinski definition) is 4. The molecule has 2 heterocycles. The van der Waals surface area contributed by atoms with Gasteiger partial charge in [-0.25, -0.2) is 4.39 Å². The summed E-state index contributed by atoms with van der Waals surface area (Å²) in [6.07, 6.45) is 2.33. The highest BCUT2D eigenvalue weighted by Gasteiger charge is 2.23. The van der Waals surface area contributed by atoms with Gasteiger partial charge in [-0.2, -0.15) is 0 Å². The zero-order valence-electron chi connectivity index (χ0n) is 13.6. The molecule has 130 valence electrons. The van der Waals surface area contributed by atoms with Crippen LogP contribution in [0.25, 0.3) is 0 Å². The third-order valence-electron chi connectivity index (χ3n) is 4.30. The molecule has 0 saturated carbocycles. The summed E-state index contributed by atoms with van der Waals surface area (Å²) in [6, 6.07) is 9.35. The summed E-state index contributed by atoms with van der Waals surface area (Å²) >= 11 is 0. The Labute approximate surface area is 144 Å². The maximum Gasteiger partial charge on any atom is 0.267 e. The van der Waals surface area contributed by atoms with E-state index in [1.165, 1.54) is 24.4 Å². The predicted molar refractivity (Wildman–Crippen MR) is 91.8 cm³/mol. The Kier molecular flexibility index (Phi) is 4.92. The van der Waals surface area contributed by atoms with Crippen LogP contribution in [0.5, 0.6) is 0 Å². The Bertz CT molecular complexity index is 779. The molecule has 3 rings (SSSR count). The number of aromatic nitrogens is 1. The van der Waals surface area contributed by atoms with Gasteiger partial charge in [-0.15, -0.1) is 0 Å². The second-order valence-electron chi connectivity index (χ2n) is 6.08. The first kappa shape index (κ1) is 16.9. The normalized spacial score (nSPS) is 16.7. The first-order valence-corrected chi connectivity index (χ1v) is 8.07. The lowest BCUT2D eigenvalue weighted by Gasteiger charge is -2.18. The lowest BCUT2D eigenvalue weighted by molar-refractivity contribution is 0.0948. The number of anilines is 1. The van der Waals surface area contributed by atoms with E-state index in [9.17, 15) is 14.0 Å². The quantitative estimate of drug-likeness (QED) is 0.863. The largest absolute Gasteiger partial charge is 0.371 e. The van der Waals surface area contributed by atoms with Crippen molar-refractivity contribution in [1.29, 1.82) is 0 Å². The third kappa shape index (κ3) is 4.12. The van der Waals surface area contributed by atoms with Gasteiger partial charge in [0.1, 0.15) is 11.5 Å². The van der Waals surface area contributed by atoms with E-state index in [4.69, 9.17) is 5.73 Å². The fourth-order valence-electron chi connectivity index (χ4n) is 2.93. The number of carbonyl (C=O) groups is 2. The lowest BCUT2D eigenvalue weighted by atomic mass is 10.1. The smallest absolute Gasteiger partial charge is 0.267 e. The number of pyridine rings is 1. The highest BCUT2D eigenvalue weighted by Crippen LogP contribution is 2.23. The average Bonchev–Trinajstić information content (AvgIpc) is 3.09. The van der Waals surface area contributed by atoms with E-state index in [-0.39, 0.29) is 17.4 Å². The number of halogens is 1. The van der Waals surface area contributed by atoms with Crippen LogP contribution in [0.1, 0.15) is 27.3 Å². The predicted octanol–water partition coefficient (Wildman–Crippen LogP) is 1.58. The second kappa shape index (κ2) is 7.29. The molecular formula is C18H19FN4O2. The molecule has 1 aromatic carbocycles. The van der Waals surface area contributed by atoms with E-state index in [1.807, 2.05) is 0 Å². The fourth-order valence-corrected chi connectivity index (χ4v) is 2.93. The number of nitrogens with zero attached hydrogens (tertiary/aromatic N) is 2. The molecule has 0 spiro atoms. The number of benzene rings is 1. The molecule has 0 bridgehead atoms. The molecule has 1 atom stereocenters. The molecule has 6 nitrogen and oxygen atoms in total. The summed E-state index contributed by atoms with van der Waals surface area (Å²) in [6.45, 7) is 2.20. The van der Waals surface area contributed by atoms with Crippen LogP contribution in [0.3, 0.4) is 0 Å². The van der Waals surface area contributed by atoms with E-state index >= 15 is 0 Å². The molecule has 3 N–H and O–H groups in total. The summed E-state index contributed by atoms with van der Waals surface area (Å²) < 4.78 is 13.0. The zero-order chi connectivity index (χ0) is 17.8. The van der Waals surface area contributed by atoms with Gasteiger partial charge in [0.15, 0.2) is 0 Å². The van der Waals surface area contributed by atoms with Crippen molar-refractivity contribution in [3.63, 3.8) is 0 Å². The monoisotopic (exact) mass is 342 g/mol. The number of hydrogen-bond donors (Lipinski definition) is 2. The summed E-state index contributed by atoms with van der Waals surface area (Å²) in [5.74, 6) is -0.864. The van der Waals surface area contributed by atoms with Gasteiger partial charge < -0.3 is 16.0 Å². The van der Waals surface area contributed by atoms with E-state index in [1.54, 1.807) is 18.2 Å². The Morgan fingerprint density at radius 3 is 2.76 bits per heavy atom. The van der Waals surface area contributed by atoms with Crippen LogP contribution >= 0.6 is 0 Å². The van der Waals surface area contributed by atoms with Crippen LogP contribution in [-0.4, -0.2) is 36.4 Å². The van der Waals surface area contributed by atoms with Crippen molar-refractivity contribution in [2.24, 2.45) is 11.7 Å². The number of rotatable bonds is 5. The molecule has 0 radical (unpaired) electrons. The summed E-state index contributed by atoms with van der Waals surface area (Å²) in [7, 11) is 0.